The maximum absolute atomic E-state index is 12.6. The van der Waals surface area contributed by atoms with Crippen LogP contribution in [0.25, 0.3) is 0 Å². The van der Waals surface area contributed by atoms with Gasteiger partial charge in [-0.1, -0.05) is 0 Å². The molecule has 0 aromatic carbocycles. The highest BCUT2D eigenvalue weighted by Gasteiger charge is 2.46. The van der Waals surface area contributed by atoms with Gasteiger partial charge < -0.3 is 10.1 Å². The second-order valence-corrected chi connectivity index (χ2v) is 7.47. The van der Waals surface area contributed by atoms with Gasteiger partial charge in [0, 0.05) is 13.1 Å². The molecule has 2 N–H and O–H groups in total. The van der Waals surface area contributed by atoms with Gasteiger partial charge in [-0.05, 0) is 19.8 Å². The zero-order valence-corrected chi connectivity index (χ0v) is 13.2. The fourth-order valence-electron chi connectivity index (χ4n) is 2.80. The molecule has 2 unspecified atom stereocenters. The van der Waals surface area contributed by atoms with Crippen LogP contribution in [-0.2, 0) is 24.3 Å². The van der Waals surface area contributed by atoms with Crippen molar-refractivity contribution in [1.29, 1.82) is 0 Å². The molecule has 124 valence electrons. The van der Waals surface area contributed by atoms with Crippen LogP contribution >= 0.6 is 0 Å². The predicted octanol–water partition coefficient (Wildman–Crippen LogP) is -1.20. The summed E-state index contributed by atoms with van der Waals surface area (Å²) in [5.74, 6) is -1.51. The van der Waals surface area contributed by atoms with Crippen molar-refractivity contribution in [3.8, 4) is 0 Å². The minimum atomic E-state index is -3.91. The lowest BCUT2D eigenvalue weighted by Gasteiger charge is -2.35. The molecular weight excluding hydrogens is 314 g/mol. The molecule has 2 saturated heterocycles. The number of rotatable bonds is 3. The first kappa shape index (κ1) is 16.7. The molecule has 0 saturated carbocycles. The summed E-state index contributed by atoms with van der Waals surface area (Å²) in [6.45, 7) is 1.76. The summed E-state index contributed by atoms with van der Waals surface area (Å²) in [5, 5.41) is 3.00. The van der Waals surface area contributed by atoms with E-state index in [1.165, 1.54) is 18.3 Å². The third-order valence-electron chi connectivity index (χ3n) is 3.98. The number of methoxy groups -OCH3 is 1. The zero-order valence-electron chi connectivity index (χ0n) is 12.4. The molecule has 2 aliphatic heterocycles. The highest BCUT2D eigenvalue weighted by Crippen LogP contribution is 2.24. The molecule has 3 amide bonds. The number of nitrogens with one attached hydrogen (secondary N) is 2. The normalized spacial score (nSPS) is 27.9. The largest absolute Gasteiger partial charge is 0.469 e. The quantitative estimate of drug-likeness (QED) is 0.626. The van der Waals surface area contributed by atoms with Crippen molar-refractivity contribution in [3.63, 3.8) is 0 Å². The van der Waals surface area contributed by atoms with Gasteiger partial charge in [0.15, 0.2) is 5.25 Å². The van der Waals surface area contributed by atoms with E-state index in [1.54, 1.807) is 0 Å². The molecule has 0 aromatic heterocycles. The van der Waals surface area contributed by atoms with Gasteiger partial charge in [-0.3, -0.25) is 14.9 Å². The minimum absolute atomic E-state index is 0.145. The Balaban J connectivity index is 2.10. The number of carbonyl (C=O) groups excluding carboxylic acids is 3. The Morgan fingerprint density at radius 1 is 1.27 bits per heavy atom. The average Bonchev–Trinajstić information content (AvgIpc) is 2.45. The number of hydrogen-bond acceptors (Lipinski definition) is 6. The molecule has 0 aliphatic carbocycles. The van der Waals surface area contributed by atoms with Crippen molar-refractivity contribution in [1.82, 2.24) is 14.9 Å². The summed E-state index contributed by atoms with van der Waals surface area (Å²) in [6, 6.07) is -1.52. The third-order valence-corrected chi connectivity index (χ3v) is 6.33. The van der Waals surface area contributed by atoms with E-state index in [0.29, 0.717) is 12.8 Å². The summed E-state index contributed by atoms with van der Waals surface area (Å²) in [7, 11) is -2.61. The summed E-state index contributed by atoms with van der Waals surface area (Å²) >= 11 is 0. The van der Waals surface area contributed by atoms with E-state index >= 15 is 0 Å². The molecule has 2 atom stereocenters. The number of esters is 1. The van der Waals surface area contributed by atoms with Crippen LogP contribution in [0.4, 0.5) is 4.79 Å². The van der Waals surface area contributed by atoms with Crippen molar-refractivity contribution >= 4 is 27.9 Å². The van der Waals surface area contributed by atoms with E-state index < -0.39 is 33.3 Å². The summed E-state index contributed by atoms with van der Waals surface area (Å²) in [4.78, 5) is 34.5. The van der Waals surface area contributed by atoms with Crippen LogP contribution in [0.3, 0.4) is 0 Å². The van der Waals surface area contributed by atoms with Crippen LogP contribution in [0.1, 0.15) is 19.8 Å². The number of nitrogens with zero attached hydrogens (tertiary/aromatic N) is 1. The van der Waals surface area contributed by atoms with Gasteiger partial charge in [0.2, 0.25) is 15.9 Å². The van der Waals surface area contributed by atoms with E-state index in [-0.39, 0.29) is 25.0 Å². The van der Waals surface area contributed by atoms with Gasteiger partial charge in [-0.2, -0.15) is 0 Å². The molecule has 2 heterocycles. The first-order valence-corrected chi connectivity index (χ1v) is 8.46. The lowest BCUT2D eigenvalue weighted by Crippen LogP contribution is -2.64. The molecule has 0 radical (unpaired) electrons. The van der Waals surface area contributed by atoms with Crippen molar-refractivity contribution in [2.24, 2.45) is 5.92 Å². The highest BCUT2D eigenvalue weighted by molar-refractivity contribution is 7.90. The minimum Gasteiger partial charge on any atom is -0.469 e. The Hall–Kier alpha value is -1.68. The lowest BCUT2D eigenvalue weighted by atomic mass is 9.99. The van der Waals surface area contributed by atoms with E-state index in [4.69, 9.17) is 0 Å². The second kappa shape index (κ2) is 6.21. The maximum atomic E-state index is 12.6. The molecule has 0 bridgehead atoms. The number of sulfonamides is 1. The Kier molecular flexibility index (Phi) is 4.71. The van der Waals surface area contributed by atoms with Crippen LogP contribution in [0, 0.1) is 5.92 Å². The fraction of sp³-hybridized carbons (Fsp3) is 0.750. The van der Waals surface area contributed by atoms with Crippen molar-refractivity contribution in [3.05, 3.63) is 0 Å². The average molecular weight is 333 g/mol. The van der Waals surface area contributed by atoms with Gasteiger partial charge in [0.05, 0.1) is 19.1 Å². The van der Waals surface area contributed by atoms with Crippen molar-refractivity contribution in [2.45, 2.75) is 31.1 Å². The van der Waals surface area contributed by atoms with Crippen LogP contribution in [0.5, 0.6) is 0 Å². The van der Waals surface area contributed by atoms with E-state index in [2.05, 4.69) is 10.1 Å². The summed E-state index contributed by atoms with van der Waals surface area (Å²) in [5.41, 5.74) is 0. The monoisotopic (exact) mass is 333 g/mol. The van der Waals surface area contributed by atoms with E-state index in [9.17, 15) is 22.8 Å². The number of ether oxygens (including phenoxy) is 1. The van der Waals surface area contributed by atoms with Crippen LogP contribution in [-0.4, -0.2) is 62.1 Å². The van der Waals surface area contributed by atoms with Gasteiger partial charge in [0.25, 0.3) is 0 Å². The molecular formula is C12H19N3O6S. The van der Waals surface area contributed by atoms with Crippen LogP contribution in [0.15, 0.2) is 0 Å². The number of urea groups is 1. The molecule has 0 aromatic rings. The number of carbonyl (C=O) groups is 3. The Bertz CT molecular complexity index is 582. The van der Waals surface area contributed by atoms with Crippen molar-refractivity contribution < 1.29 is 27.5 Å². The number of hydrogen-bond donors (Lipinski definition) is 2. The van der Waals surface area contributed by atoms with Gasteiger partial charge in [0.1, 0.15) is 0 Å². The highest BCUT2D eigenvalue weighted by atomic mass is 32.2. The van der Waals surface area contributed by atoms with E-state index in [0.717, 1.165) is 0 Å². The Labute approximate surface area is 128 Å². The first-order chi connectivity index (χ1) is 10.3. The lowest BCUT2D eigenvalue weighted by molar-refractivity contribution is -0.146. The van der Waals surface area contributed by atoms with Crippen LogP contribution < -0.4 is 10.6 Å². The molecule has 2 rings (SSSR count). The second-order valence-electron chi connectivity index (χ2n) is 5.41. The Morgan fingerprint density at radius 3 is 2.36 bits per heavy atom. The van der Waals surface area contributed by atoms with Gasteiger partial charge >= 0.3 is 12.0 Å². The molecule has 9 nitrogen and oxygen atoms in total. The maximum Gasteiger partial charge on any atom is 0.321 e. The van der Waals surface area contributed by atoms with Gasteiger partial charge in [-0.25, -0.2) is 17.5 Å². The predicted molar refractivity (Wildman–Crippen MR) is 75.2 cm³/mol. The van der Waals surface area contributed by atoms with Gasteiger partial charge in [-0.15, -0.1) is 0 Å². The molecule has 2 aliphatic rings. The zero-order chi connectivity index (χ0) is 16.5. The SMILES string of the molecule is COC(=O)C1CCN(S(=O)(=O)C2C(=O)NC(=O)NC2C)CC1. The van der Waals surface area contributed by atoms with Crippen molar-refractivity contribution in [2.75, 3.05) is 20.2 Å². The molecule has 0 spiro atoms. The molecule has 2 fully saturated rings. The molecule has 22 heavy (non-hydrogen) atoms. The fourth-order valence-corrected chi connectivity index (χ4v) is 4.75. The number of amides is 3. The van der Waals surface area contributed by atoms with Crippen LogP contribution in [0.2, 0.25) is 0 Å². The van der Waals surface area contributed by atoms with E-state index in [1.807, 2.05) is 5.32 Å². The third kappa shape index (κ3) is 3.07. The number of piperidine rings is 1. The summed E-state index contributed by atoms with van der Waals surface area (Å²) < 4.78 is 31.1. The topological polar surface area (TPSA) is 122 Å². The molecule has 10 heteroatoms. The Morgan fingerprint density at radius 2 is 1.86 bits per heavy atom. The smallest absolute Gasteiger partial charge is 0.321 e. The first-order valence-electron chi connectivity index (χ1n) is 6.95. The summed E-state index contributed by atoms with van der Waals surface area (Å²) in [6.07, 6.45) is 0.696. The number of imide groups is 1. The standard InChI is InChI=1S/C12H19N3O6S/c1-7-9(10(16)14-12(18)13-7)22(19,20)15-5-3-8(4-6-15)11(17)21-2/h7-9H,3-6H2,1-2H3,(H2,13,14,16,18).